The number of hydrogen-bond donors (Lipinski definition) is 1. The van der Waals surface area contributed by atoms with Crippen LogP contribution in [0.3, 0.4) is 0 Å². The molecule has 0 atom stereocenters. The van der Waals surface area contributed by atoms with Gasteiger partial charge in [0.05, 0.1) is 5.69 Å². The molecule has 0 aromatic carbocycles. The van der Waals surface area contributed by atoms with Gasteiger partial charge in [0.15, 0.2) is 5.13 Å². The third-order valence-electron chi connectivity index (χ3n) is 3.31. The summed E-state index contributed by atoms with van der Waals surface area (Å²) in [5.41, 5.74) is 1.26. The highest BCUT2D eigenvalue weighted by Gasteiger charge is 2.17. The van der Waals surface area contributed by atoms with Crippen LogP contribution in [0, 0.1) is 0 Å². The Balaban J connectivity index is 2.83. The third-order valence-corrected chi connectivity index (χ3v) is 4.45. The molecule has 0 aliphatic heterocycles. The second-order valence-electron chi connectivity index (χ2n) is 5.24. The second kappa shape index (κ2) is 8.54. The molecule has 1 aromatic rings. The minimum atomic E-state index is 0.523. The van der Waals surface area contributed by atoms with Crippen LogP contribution in [-0.4, -0.2) is 24.6 Å². The molecule has 0 unspecified atom stereocenters. The molecular weight excluding hydrogens is 254 g/mol. The molecule has 110 valence electrons. The summed E-state index contributed by atoms with van der Waals surface area (Å²) in [4.78, 5) is 8.70. The number of aromatic nitrogens is 1. The van der Waals surface area contributed by atoms with Gasteiger partial charge in [-0.3, -0.25) is 0 Å². The quantitative estimate of drug-likeness (QED) is 0.698. The van der Waals surface area contributed by atoms with E-state index in [1.807, 2.05) is 18.4 Å². The molecule has 3 nitrogen and oxygen atoms in total. The van der Waals surface area contributed by atoms with E-state index in [0.29, 0.717) is 6.04 Å². The van der Waals surface area contributed by atoms with E-state index in [-0.39, 0.29) is 0 Å². The van der Waals surface area contributed by atoms with Crippen LogP contribution in [-0.2, 0) is 13.0 Å². The van der Waals surface area contributed by atoms with E-state index in [0.717, 1.165) is 19.5 Å². The molecular formula is C15H29N3S. The standard InChI is InChI=1S/C15H29N3S/c1-6-8-9-10-18(12(3)4)15-17-13(7-2)14(19-15)11-16-5/h12,16H,6-11H2,1-5H3. The summed E-state index contributed by atoms with van der Waals surface area (Å²) >= 11 is 1.86. The number of aryl methyl sites for hydroxylation is 1. The van der Waals surface area contributed by atoms with Gasteiger partial charge in [-0.2, -0.15) is 0 Å². The molecule has 1 N–H and O–H groups in total. The van der Waals surface area contributed by atoms with Gasteiger partial charge in [-0.1, -0.05) is 26.7 Å². The highest BCUT2D eigenvalue weighted by molar-refractivity contribution is 7.15. The Morgan fingerprint density at radius 1 is 1.26 bits per heavy atom. The van der Waals surface area contributed by atoms with Crippen molar-refractivity contribution >= 4 is 16.5 Å². The van der Waals surface area contributed by atoms with Crippen LogP contribution in [0.15, 0.2) is 0 Å². The molecule has 4 heteroatoms. The van der Waals surface area contributed by atoms with Crippen LogP contribution in [0.4, 0.5) is 5.13 Å². The smallest absolute Gasteiger partial charge is 0.186 e. The lowest BCUT2D eigenvalue weighted by Crippen LogP contribution is -2.31. The maximum absolute atomic E-state index is 4.85. The lowest BCUT2D eigenvalue weighted by atomic mass is 10.2. The number of nitrogens with one attached hydrogen (secondary N) is 1. The van der Waals surface area contributed by atoms with Crippen LogP contribution in [0.2, 0.25) is 0 Å². The van der Waals surface area contributed by atoms with Gasteiger partial charge in [-0.25, -0.2) is 4.98 Å². The molecule has 0 saturated carbocycles. The van der Waals surface area contributed by atoms with Gasteiger partial charge in [0.2, 0.25) is 0 Å². The summed E-state index contributed by atoms with van der Waals surface area (Å²) in [6, 6.07) is 0.523. The average Bonchev–Trinajstić information content (AvgIpc) is 2.77. The van der Waals surface area contributed by atoms with Crippen molar-refractivity contribution < 1.29 is 0 Å². The molecule has 0 aliphatic carbocycles. The highest BCUT2D eigenvalue weighted by Crippen LogP contribution is 2.28. The average molecular weight is 283 g/mol. The SMILES string of the molecule is CCCCCN(c1nc(CC)c(CNC)s1)C(C)C. The van der Waals surface area contributed by atoms with Gasteiger partial charge in [-0.05, 0) is 33.7 Å². The Labute approximate surface area is 122 Å². The first-order valence-electron chi connectivity index (χ1n) is 7.53. The fourth-order valence-corrected chi connectivity index (χ4v) is 3.49. The minimum absolute atomic E-state index is 0.523. The predicted octanol–water partition coefficient (Wildman–Crippen LogP) is 3.83. The summed E-state index contributed by atoms with van der Waals surface area (Å²) in [6.45, 7) is 11.0. The number of hydrogen-bond acceptors (Lipinski definition) is 4. The van der Waals surface area contributed by atoms with Gasteiger partial charge in [0, 0.05) is 24.0 Å². The van der Waals surface area contributed by atoms with Crippen molar-refractivity contribution in [3.63, 3.8) is 0 Å². The molecule has 1 aromatic heterocycles. The maximum atomic E-state index is 4.85. The van der Waals surface area contributed by atoms with Crippen molar-refractivity contribution in [1.82, 2.24) is 10.3 Å². The van der Waals surface area contributed by atoms with Crippen LogP contribution < -0.4 is 10.2 Å². The largest absolute Gasteiger partial charge is 0.346 e. The molecule has 19 heavy (non-hydrogen) atoms. The Morgan fingerprint density at radius 2 is 2.00 bits per heavy atom. The lowest BCUT2D eigenvalue weighted by Gasteiger charge is -2.26. The van der Waals surface area contributed by atoms with Crippen molar-refractivity contribution in [3.05, 3.63) is 10.6 Å². The Bertz CT molecular complexity index is 360. The lowest BCUT2D eigenvalue weighted by molar-refractivity contribution is 0.624. The zero-order valence-electron chi connectivity index (χ0n) is 13.1. The molecule has 0 radical (unpaired) electrons. The zero-order chi connectivity index (χ0) is 14.3. The number of thiazole rings is 1. The van der Waals surface area contributed by atoms with E-state index in [4.69, 9.17) is 4.98 Å². The van der Waals surface area contributed by atoms with Crippen molar-refractivity contribution in [1.29, 1.82) is 0 Å². The van der Waals surface area contributed by atoms with Gasteiger partial charge in [0.25, 0.3) is 0 Å². The highest BCUT2D eigenvalue weighted by atomic mass is 32.1. The van der Waals surface area contributed by atoms with Crippen LogP contribution >= 0.6 is 11.3 Å². The van der Waals surface area contributed by atoms with Crippen molar-refractivity contribution in [2.75, 3.05) is 18.5 Å². The summed E-state index contributed by atoms with van der Waals surface area (Å²) in [6.07, 6.45) is 4.86. The van der Waals surface area contributed by atoms with E-state index in [2.05, 4.69) is 37.9 Å². The number of nitrogens with zero attached hydrogens (tertiary/aromatic N) is 2. The van der Waals surface area contributed by atoms with E-state index in [9.17, 15) is 0 Å². The van der Waals surface area contributed by atoms with Gasteiger partial charge in [-0.15, -0.1) is 11.3 Å². The Kier molecular flexibility index (Phi) is 7.39. The van der Waals surface area contributed by atoms with Crippen molar-refractivity contribution in [3.8, 4) is 0 Å². The normalized spacial score (nSPS) is 11.3. The third kappa shape index (κ3) is 4.77. The molecule has 0 bridgehead atoms. The first kappa shape index (κ1) is 16.4. The zero-order valence-corrected chi connectivity index (χ0v) is 13.9. The number of anilines is 1. The van der Waals surface area contributed by atoms with Crippen molar-refractivity contribution in [2.24, 2.45) is 0 Å². The minimum Gasteiger partial charge on any atom is -0.346 e. The fourth-order valence-electron chi connectivity index (χ4n) is 2.17. The van der Waals surface area contributed by atoms with E-state index in [1.165, 1.54) is 35.0 Å². The summed E-state index contributed by atoms with van der Waals surface area (Å²) in [5.74, 6) is 0. The Hall–Kier alpha value is -0.610. The van der Waals surface area contributed by atoms with Gasteiger partial charge in [0.1, 0.15) is 0 Å². The van der Waals surface area contributed by atoms with Crippen LogP contribution in [0.25, 0.3) is 0 Å². The molecule has 1 rings (SSSR count). The van der Waals surface area contributed by atoms with Crippen LogP contribution in [0.1, 0.15) is 57.5 Å². The summed E-state index contributed by atoms with van der Waals surface area (Å²) in [7, 11) is 2.00. The van der Waals surface area contributed by atoms with Crippen LogP contribution in [0.5, 0.6) is 0 Å². The number of unbranched alkanes of at least 4 members (excludes halogenated alkanes) is 2. The molecule has 0 aliphatic rings. The first-order valence-corrected chi connectivity index (χ1v) is 8.35. The fraction of sp³-hybridized carbons (Fsp3) is 0.800. The summed E-state index contributed by atoms with van der Waals surface area (Å²) in [5, 5.41) is 4.45. The summed E-state index contributed by atoms with van der Waals surface area (Å²) < 4.78 is 0. The molecule has 0 amide bonds. The van der Waals surface area contributed by atoms with E-state index < -0.39 is 0 Å². The monoisotopic (exact) mass is 283 g/mol. The molecule has 0 fully saturated rings. The predicted molar refractivity (Wildman–Crippen MR) is 86.3 cm³/mol. The maximum Gasteiger partial charge on any atom is 0.186 e. The van der Waals surface area contributed by atoms with Crippen molar-refractivity contribution in [2.45, 2.75) is 66.0 Å². The molecule has 1 heterocycles. The van der Waals surface area contributed by atoms with E-state index >= 15 is 0 Å². The number of rotatable bonds is 9. The Morgan fingerprint density at radius 3 is 2.53 bits per heavy atom. The van der Waals surface area contributed by atoms with E-state index in [1.54, 1.807) is 0 Å². The second-order valence-corrected chi connectivity index (χ2v) is 6.31. The first-order chi connectivity index (χ1) is 9.13. The van der Waals surface area contributed by atoms with Gasteiger partial charge < -0.3 is 10.2 Å². The van der Waals surface area contributed by atoms with Gasteiger partial charge >= 0.3 is 0 Å². The topological polar surface area (TPSA) is 28.2 Å². The molecule has 0 spiro atoms. The molecule has 0 saturated heterocycles.